The molecule has 0 aliphatic carbocycles. The zero-order chi connectivity index (χ0) is 26.0. The van der Waals surface area contributed by atoms with E-state index in [1.807, 2.05) is 0 Å². The first kappa shape index (κ1) is 31.1. The molecule has 3 nitrogen and oxygen atoms in total. The zero-order valence-corrected chi connectivity index (χ0v) is 17.4. The van der Waals surface area contributed by atoms with Crippen LogP contribution in [0.1, 0.15) is 20.8 Å². The maximum absolute atomic E-state index is 14.2. The van der Waals surface area contributed by atoms with Gasteiger partial charge < -0.3 is 13.3 Å². The lowest BCUT2D eigenvalue weighted by molar-refractivity contribution is -0.442. The molecule has 0 saturated heterocycles. The number of hydrogen-bond acceptors (Lipinski definition) is 3. The Morgan fingerprint density at radius 3 is 1.16 bits per heavy atom. The van der Waals surface area contributed by atoms with Gasteiger partial charge in [0.25, 0.3) is 0 Å². The summed E-state index contributed by atoms with van der Waals surface area (Å²) in [5.74, 6) is -38.7. The minimum atomic E-state index is -8.10. The molecule has 0 aromatic carbocycles. The van der Waals surface area contributed by atoms with Crippen molar-refractivity contribution in [1.29, 1.82) is 0 Å². The van der Waals surface area contributed by atoms with Crippen LogP contribution in [0.4, 0.5) is 61.5 Å². The molecule has 32 heavy (non-hydrogen) atoms. The molecule has 0 aromatic rings. The number of halogens is 14. The summed E-state index contributed by atoms with van der Waals surface area (Å²) in [4.78, 5) is 0. The first-order chi connectivity index (χ1) is 14.1. The Kier molecular flexibility index (Phi) is 9.50. The van der Waals surface area contributed by atoms with E-state index in [4.69, 9.17) is 13.3 Å². The van der Waals surface area contributed by atoms with E-state index in [1.54, 1.807) is 0 Å². The van der Waals surface area contributed by atoms with Gasteiger partial charge in [0, 0.05) is 19.8 Å². The SMILES string of the molecule is CCO[Si](CC(F)C(F)(F)C(F)(F)C(F)(F)C(F)(F)C(F)(F)C(F)(F)F)(OCC)OCC. The number of hydrogen-bond donors (Lipinski definition) is 0. The fourth-order valence-corrected chi connectivity index (χ4v) is 4.91. The van der Waals surface area contributed by atoms with Crippen LogP contribution < -0.4 is 0 Å². The minimum Gasteiger partial charge on any atom is -0.374 e. The van der Waals surface area contributed by atoms with Gasteiger partial charge in [-0.1, -0.05) is 0 Å². The summed E-state index contributed by atoms with van der Waals surface area (Å²) in [5.41, 5.74) is 0. The largest absolute Gasteiger partial charge is 0.504 e. The molecule has 0 rings (SSSR count). The fourth-order valence-electron chi connectivity index (χ4n) is 2.29. The van der Waals surface area contributed by atoms with Crippen LogP contribution in [0.5, 0.6) is 0 Å². The molecule has 0 aliphatic heterocycles. The van der Waals surface area contributed by atoms with E-state index >= 15 is 0 Å². The van der Waals surface area contributed by atoms with Gasteiger partial charge in [-0.15, -0.1) is 0 Å². The molecule has 0 heterocycles. The Labute approximate surface area is 173 Å². The van der Waals surface area contributed by atoms with Crippen molar-refractivity contribution >= 4 is 8.80 Å². The van der Waals surface area contributed by atoms with Crippen LogP contribution in [0.3, 0.4) is 0 Å². The van der Waals surface area contributed by atoms with Gasteiger partial charge in [0.1, 0.15) is 0 Å². The Balaban J connectivity index is 6.36. The average Bonchev–Trinajstić information content (AvgIpc) is 2.60. The van der Waals surface area contributed by atoms with Crippen molar-refractivity contribution in [3.05, 3.63) is 0 Å². The van der Waals surface area contributed by atoms with Crippen LogP contribution >= 0.6 is 0 Å². The van der Waals surface area contributed by atoms with Gasteiger partial charge in [-0.05, 0) is 20.8 Å². The third-order valence-electron chi connectivity index (χ3n) is 3.87. The van der Waals surface area contributed by atoms with Crippen molar-refractivity contribution in [1.82, 2.24) is 0 Å². The van der Waals surface area contributed by atoms with Crippen molar-refractivity contribution < 1.29 is 74.7 Å². The van der Waals surface area contributed by atoms with E-state index < -0.39 is 76.6 Å². The maximum Gasteiger partial charge on any atom is 0.504 e. The molecule has 0 fully saturated rings. The third-order valence-corrected chi connectivity index (χ3v) is 6.92. The smallest absolute Gasteiger partial charge is 0.374 e. The van der Waals surface area contributed by atoms with Crippen molar-refractivity contribution in [2.75, 3.05) is 19.8 Å². The number of alkyl halides is 14. The van der Waals surface area contributed by atoms with Gasteiger partial charge in [0.05, 0.1) is 6.04 Å². The molecular weight excluding hydrogens is 510 g/mol. The van der Waals surface area contributed by atoms with Gasteiger partial charge in [-0.3, -0.25) is 0 Å². The summed E-state index contributed by atoms with van der Waals surface area (Å²) in [6.45, 7) is 2.13. The van der Waals surface area contributed by atoms with Crippen LogP contribution in [-0.2, 0) is 13.3 Å². The second-order valence-corrected chi connectivity index (χ2v) is 8.71. The van der Waals surface area contributed by atoms with Crippen LogP contribution in [0, 0.1) is 0 Å². The van der Waals surface area contributed by atoms with Gasteiger partial charge in [0.15, 0.2) is 6.17 Å². The molecule has 0 aromatic heterocycles. The lowest BCUT2D eigenvalue weighted by Gasteiger charge is -2.41. The molecular formula is C14H18F14O3Si. The van der Waals surface area contributed by atoms with E-state index in [9.17, 15) is 61.5 Å². The summed E-state index contributed by atoms with van der Waals surface area (Å²) in [5, 5.41) is 0. The molecule has 0 spiro atoms. The monoisotopic (exact) mass is 528 g/mol. The average molecular weight is 528 g/mol. The third kappa shape index (κ3) is 5.11. The second-order valence-electron chi connectivity index (χ2n) is 6.07. The van der Waals surface area contributed by atoms with E-state index in [0.29, 0.717) is 0 Å². The van der Waals surface area contributed by atoms with Crippen LogP contribution in [0.25, 0.3) is 0 Å². The molecule has 1 unspecified atom stereocenters. The van der Waals surface area contributed by atoms with Crippen molar-refractivity contribution in [2.45, 2.75) is 68.8 Å². The van der Waals surface area contributed by atoms with Crippen molar-refractivity contribution in [3.63, 3.8) is 0 Å². The number of rotatable bonds is 13. The summed E-state index contributed by atoms with van der Waals surface area (Å²) >= 11 is 0. The molecule has 1 atom stereocenters. The van der Waals surface area contributed by atoms with Crippen molar-refractivity contribution in [2.24, 2.45) is 0 Å². The molecule has 194 valence electrons. The first-order valence-corrected chi connectivity index (χ1v) is 10.5. The second kappa shape index (κ2) is 9.77. The summed E-state index contributed by atoms with van der Waals surface area (Å²) in [7, 11) is -4.67. The van der Waals surface area contributed by atoms with Crippen molar-refractivity contribution in [3.8, 4) is 0 Å². The predicted molar refractivity (Wildman–Crippen MR) is 81.1 cm³/mol. The maximum atomic E-state index is 14.2. The molecule has 0 N–H and O–H groups in total. The van der Waals surface area contributed by atoms with E-state index in [2.05, 4.69) is 0 Å². The highest BCUT2D eigenvalue weighted by Gasteiger charge is 2.91. The van der Waals surface area contributed by atoms with Crippen LogP contribution in [0.2, 0.25) is 6.04 Å². The lowest BCUT2D eigenvalue weighted by atomic mass is 9.92. The Morgan fingerprint density at radius 1 is 0.562 bits per heavy atom. The Hall–Kier alpha value is -0.883. The minimum absolute atomic E-state index is 0.465. The molecule has 0 amide bonds. The van der Waals surface area contributed by atoms with Crippen LogP contribution in [-0.4, -0.2) is 70.6 Å². The topological polar surface area (TPSA) is 27.7 Å². The quantitative estimate of drug-likeness (QED) is 0.213. The van der Waals surface area contributed by atoms with Gasteiger partial charge in [0.2, 0.25) is 0 Å². The molecule has 0 saturated carbocycles. The van der Waals surface area contributed by atoms with E-state index in [1.165, 1.54) is 20.8 Å². The standard InChI is InChI=1S/C14H18F14O3Si/c1-4-29-32(30-5-2,31-6-3)7-8(15)9(16,17)10(18,19)11(20,21)12(22,23)13(24,25)14(26,27)28/h8H,4-7H2,1-3H3. The van der Waals surface area contributed by atoms with Gasteiger partial charge >= 0.3 is 44.6 Å². The van der Waals surface area contributed by atoms with Gasteiger partial charge in [-0.25, -0.2) is 4.39 Å². The lowest BCUT2D eigenvalue weighted by Crippen LogP contribution is -2.71. The predicted octanol–water partition coefficient (Wildman–Crippen LogP) is 6.11. The van der Waals surface area contributed by atoms with Gasteiger partial charge in [-0.2, -0.15) is 57.1 Å². The summed E-state index contributed by atoms with van der Waals surface area (Å²) in [6, 6.07) is -2.04. The summed E-state index contributed by atoms with van der Waals surface area (Å²) < 4.78 is 199. The first-order valence-electron chi connectivity index (χ1n) is 8.58. The highest BCUT2D eigenvalue weighted by Crippen LogP contribution is 2.61. The molecule has 18 heteroatoms. The Morgan fingerprint density at radius 2 is 0.875 bits per heavy atom. The highest BCUT2D eigenvalue weighted by atomic mass is 28.4. The Bertz CT molecular complexity index is 593. The van der Waals surface area contributed by atoms with E-state index in [0.717, 1.165) is 0 Å². The highest BCUT2D eigenvalue weighted by molar-refractivity contribution is 6.60. The molecule has 0 bridgehead atoms. The summed E-state index contributed by atoms with van der Waals surface area (Å²) in [6.07, 6.45) is -12.1. The molecule has 0 radical (unpaired) electrons. The molecule has 0 aliphatic rings. The van der Waals surface area contributed by atoms with E-state index in [-0.39, 0.29) is 0 Å². The normalized spacial score (nSPS) is 16.4. The fraction of sp³-hybridized carbons (Fsp3) is 1.00. The zero-order valence-electron chi connectivity index (χ0n) is 16.4. The van der Waals surface area contributed by atoms with Crippen LogP contribution in [0.15, 0.2) is 0 Å².